The van der Waals surface area contributed by atoms with Crippen molar-refractivity contribution in [2.24, 2.45) is 0 Å². The first-order valence-corrected chi connectivity index (χ1v) is 6.15. The van der Waals surface area contributed by atoms with E-state index in [4.69, 9.17) is 5.26 Å². The molecule has 0 N–H and O–H groups in total. The van der Waals surface area contributed by atoms with Gasteiger partial charge in [0.2, 0.25) is 0 Å². The van der Waals surface area contributed by atoms with Crippen LogP contribution in [-0.4, -0.2) is 9.36 Å². The van der Waals surface area contributed by atoms with Gasteiger partial charge in [-0.25, -0.2) is 4.98 Å². The molecule has 1 aromatic heterocycles. The van der Waals surface area contributed by atoms with Crippen molar-refractivity contribution < 1.29 is 13.2 Å². The molecule has 2 aromatic rings. The second-order valence-corrected chi connectivity index (χ2v) is 5.23. The lowest BCUT2D eigenvalue weighted by Gasteiger charge is -2.09. The molecule has 0 bridgehead atoms. The zero-order valence-corrected chi connectivity index (χ0v) is 10.2. The molecule has 0 spiro atoms. The molecule has 0 amide bonds. The van der Waals surface area contributed by atoms with Gasteiger partial charge < -0.3 is 0 Å². The average molecular weight is 287 g/mol. The molecule has 0 unspecified atom stereocenters. The molecule has 3 nitrogen and oxygen atoms in total. The largest absolute Gasteiger partial charge is 0.417 e. The van der Waals surface area contributed by atoms with Crippen LogP contribution in [0.15, 0.2) is 33.8 Å². The first-order chi connectivity index (χ1) is 8.50. The molecule has 1 aromatic carbocycles. The third-order valence-corrected chi connectivity index (χ3v) is 3.67. The molecule has 1 heterocycles. The maximum absolute atomic E-state index is 12.7. The highest BCUT2D eigenvalue weighted by molar-refractivity contribution is 8.01. The van der Waals surface area contributed by atoms with Crippen LogP contribution >= 0.6 is 23.3 Å². The van der Waals surface area contributed by atoms with Crippen LogP contribution in [0.1, 0.15) is 11.1 Å². The summed E-state index contributed by atoms with van der Waals surface area (Å²) in [6.45, 7) is 0. The fourth-order valence-corrected chi connectivity index (χ4v) is 2.69. The Bertz CT molecular complexity index is 587. The molecule has 0 aliphatic rings. The molecule has 2 rings (SSSR count). The van der Waals surface area contributed by atoms with Crippen LogP contribution in [0.2, 0.25) is 0 Å². The maximum atomic E-state index is 12.7. The summed E-state index contributed by atoms with van der Waals surface area (Å²) < 4.78 is 42.4. The predicted octanol–water partition coefficient (Wildman–Crippen LogP) is 3.58. The van der Waals surface area contributed by atoms with E-state index in [2.05, 4.69) is 9.36 Å². The zero-order valence-electron chi connectivity index (χ0n) is 8.60. The lowest BCUT2D eigenvalue weighted by atomic mass is 10.1. The normalized spacial score (nSPS) is 11.2. The Hall–Kier alpha value is -1.59. The topological polar surface area (TPSA) is 49.6 Å². The number of hydrogen-bond acceptors (Lipinski definition) is 5. The van der Waals surface area contributed by atoms with Gasteiger partial charge in [-0.05, 0) is 29.7 Å². The third kappa shape index (κ3) is 2.80. The molecule has 0 saturated heterocycles. The van der Waals surface area contributed by atoms with Crippen molar-refractivity contribution in [3.63, 3.8) is 0 Å². The van der Waals surface area contributed by atoms with E-state index >= 15 is 0 Å². The summed E-state index contributed by atoms with van der Waals surface area (Å²) in [4.78, 5) is 4.24. The Morgan fingerprint density at radius 2 is 2.11 bits per heavy atom. The van der Waals surface area contributed by atoms with E-state index in [1.807, 2.05) is 0 Å². The van der Waals surface area contributed by atoms with E-state index in [0.29, 0.717) is 9.24 Å². The second-order valence-electron chi connectivity index (χ2n) is 3.13. The number of aromatic nitrogens is 2. The number of nitriles is 1. The Balaban J connectivity index is 2.38. The van der Waals surface area contributed by atoms with Crippen LogP contribution in [0.5, 0.6) is 0 Å². The van der Waals surface area contributed by atoms with Crippen molar-refractivity contribution in [3.8, 4) is 6.07 Å². The fraction of sp³-hybridized carbons (Fsp3) is 0.100. The van der Waals surface area contributed by atoms with E-state index in [9.17, 15) is 13.2 Å². The van der Waals surface area contributed by atoms with Gasteiger partial charge in [0.1, 0.15) is 6.33 Å². The Morgan fingerprint density at radius 3 is 2.67 bits per heavy atom. The molecule has 92 valence electrons. The minimum Gasteiger partial charge on any atom is -0.216 e. The lowest BCUT2D eigenvalue weighted by Crippen LogP contribution is -2.07. The van der Waals surface area contributed by atoms with Crippen molar-refractivity contribution in [2.45, 2.75) is 15.4 Å². The predicted molar refractivity (Wildman–Crippen MR) is 60.2 cm³/mol. The summed E-state index contributed by atoms with van der Waals surface area (Å²) in [5, 5.41) is 8.65. The number of alkyl halides is 3. The molecule has 0 saturated carbocycles. The van der Waals surface area contributed by atoms with Crippen LogP contribution in [0.3, 0.4) is 0 Å². The van der Waals surface area contributed by atoms with Crippen LogP contribution < -0.4 is 0 Å². The van der Waals surface area contributed by atoms with Crippen LogP contribution in [0, 0.1) is 11.3 Å². The Kier molecular flexibility index (Phi) is 3.54. The monoisotopic (exact) mass is 287 g/mol. The van der Waals surface area contributed by atoms with E-state index < -0.39 is 11.7 Å². The van der Waals surface area contributed by atoms with Gasteiger partial charge in [0.25, 0.3) is 0 Å². The van der Waals surface area contributed by atoms with Gasteiger partial charge >= 0.3 is 6.18 Å². The molecule has 8 heteroatoms. The SMILES string of the molecule is N#Cc1ccc(Sc2ncns2)cc1C(F)(F)F. The highest BCUT2D eigenvalue weighted by atomic mass is 32.2. The van der Waals surface area contributed by atoms with E-state index in [1.54, 1.807) is 0 Å². The van der Waals surface area contributed by atoms with Gasteiger partial charge in [-0.15, -0.1) is 0 Å². The smallest absolute Gasteiger partial charge is 0.216 e. The van der Waals surface area contributed by atoms with Gasteiger partial charge in [0.15, 0.2) is 4.34 Å². The number of benzene rings is 1. The molecule has 0 atom stereocenters. The van der Waals surface area contributed by atoms with E-state index in [1.165, 1.54) is 18.5 Å². The van der Waals surface area contributed by atoms with E-state index in [0.717, 1.165) is 35.4 Å². The first kappa shape index (κ1) is 12.9. The van der Waals surface area contributed by atoms with Crippen molar-refractivity contribution in [2.75, 3.05) is 0 Å². The first-order valence-electron chi connectivity index (χ1n) is 4.56. The fourth-order valence-electron chi connectivity index (χ4n) is 1.23. The molecule has 0 aliphatic heterocycles. The van der Waals surface area contributed by atoms with Gasteiger partial charge in [-0.1, -0.05) is 11.8 Å². The van der Waals surface area contributed by atoms with Crippen LogP contribution in [0.4, 0.5) is 13.2 Å². The maximum Gasteiger partial charge on any atom is 0.417 e. The second kappa shape index (κ2) is 4.96. The third-order valence-electron chi connectivity index (χ3n) is 1.96. The minimum atomic E-state index is -4.54. The summed E-state index contributed by atoms with van der Waals surface area (Å²) in [6, 6.07) is 5.10. The highest BCUT2D eigenvalue weighted by Gasteiger charge is 2.33. The van der Waals surface area contributed by atoms with Gasteiger partial charge in [-0.3, -0.25) is 0 Å². The summed E-state index contributed by atoms with van der Waals surface area (Å²) in [7, 11) is 0. The number of hydrogen-bond donors (Lipinski definition) is 0. The molecule has 0 fully saturated rings. The molecule has 0 radical (unpaired) electrons. The average Bonchev–Trinajstić information content (AvgIpc) is 2.80. The summed E-state index contributed by atoms with van der Waals surface area (Å²) >= 11 is 2.18. The standard InChI is InChI=1S/C10H4F3N3S2/c11-10(12,13)8-3-7(2-1-6(8)4-14)17-9-15-5-16-18-9/h1-3,5H. The van der Waals surface area contributed by atoms with E-state index in [-0.39, 0.29) is 5.56 Å². The molecular weight excluding hydrogens is 283 g/mol. The lowest BCUT2D eigenvalue weighted by molar-refractivity contribution is -0.137. The number of halogens is 3. The van der Waals surface area contributed by atoms with Crippen molar-refractivity contribution in [1.29, 1.82) is 5.26 Å². The van der Waals surface area contributed by atoms with Gasteiger partial charge in [0.05, 0.1) is 17.2 Å². The van der Waals surface area contributed by atoms with Gasteiger partial charge in [-0.2, -0.15) is 22.8 Å². The van der Waals surface area contributed by atoms with Crippen molar-refractivity contribution in [1.82, 2.24) is 9.36 Å². The summed E-state index contributed by atoms with van der Waals surface area (Å²) in [5.74, 6) is 0. The van der Waals surface area contributed by atoms with Crippen LogP contribution in [0.25, 0.3) is 0 Å². The quantitative estimate of drug-likeness (QED) is 0.847. The molecular formula is C10H4F3N3S2. The molecule has 18 heavy (non-hydrogen) atoms. The van der Waals surface area contributed by atoms with Crippen molar-refractivity contribution in [3.05, 3.63) is 35.7 Å². The Labute approximate surface area is 108 Å². The van der Waals surface area contributed by atoms with Crippen LogP contribution in [-0.2, 0) is 6.18 Å². The van der Waals surface area contributed by atoms with Crippen molar-refractivity contribution >= 4 is 23.3 Å². The summed E-state index contributed by atoms with van der Waals surface area (Å²) in [5.41, 5.74) is -1.32. The van der Waals surface area contributed by atoms with Gasteiger partial charge in [0, 0.05) is 4.90 Å². The highest BCUT2D eigenvalue weighted by Crippen LogP contribution is 2.36. The number of rotatable bonds is 2. The molecule has 0 aliphatic carbocycles. The summed E-state index contributed by atoms with van der Waals surface area (Å²) in [6.07, 6.45) is -3.20. The minimum absolute atomic E-state index is 0.373. The number of nitrogens with zero attached hydrogens (tertiary/aromatic N) is 3. The zero-order chi connectivity index (χ0) is 13.2. The Morgan fingerprint density at radius 1 is 1.33 bits per heavy atom.